The van der Waals surface area contributed by atoms with Gasteiger partial charge in [-0.15, -0.1) is 11.3 Å². The first-order chi connectivity index (χ1) is 12.7. The molecule has 0 atom stereocenters. The summed E-state index contributed by atoms with van der Waals surface area (Å²) in [6.07, 6.45) is 1.70. The Balaban J connectivity index is 2.01. The molecule has 0 spiro atoms. The van der Waals surface area contributed by atoms with Gasteiger partial charge in [-0.3, -0.25) is 4.99 Å². The van der Waals surface area contributed by atoms with Crippen LogP contribution in [0.3, 0.4) is 0 Å². The summed E-state index contributed by atoms with van der Waals surface area (Å²) < 4.78 is 21.0. The highest BCUT2D eigenvalue weighted by atomic mass is 79.9. The summed E-state index contributed by atoms with van der Waals surface area (Å²) in [5, 5.41) is 6.60. The van der Waals surface area contributed by atoms with Crippen molar-refractivity contribution in [3.8, 4) is 11.3 Å². The maximum Gasteiger partial charge on any atom is 0.206 e. The molecule has 0 saturated carbocycles. The number of methoxy groups -OCH3 is 1. The number of halogens is 2. The molecule has 0 fully saturated rings. The Hall–Kier alpha value is -2.09. The summed E-state index contributed by atoms with van der Waals surface area (Å²) in [6, 6.07) is 14.2. The van der Waals surface area contributed by atoms with Crippen molar-refractivity contribution in [2.75, 3.05) is 20.3 Å². The molecule has 1 aromatic heterocycles. The van der Waals surface area contributed by atoms with Gasteiger partial charge < -0.3 is 4.74 Å². The number of benzene rings is 2. The zero-order chi connectivity index (χ0) is 18.4. The van der Waals surface area contributed by atoms with Gasteiger partial charge in [0.05, 0.1) is 25.1 Å². The number of hydrogen-bond acceptors (Lipinski definition) is 4. The highest BCUT2D eigenvalue weighted by Crippen LogP contribution is 2.22. The van der Waals surface area contributed by atoms with Crippen LogP contribution in [0, 0.1) is 5.82 Å². The first kappa shape index (κ1) is 18.7. The molecule has 0 N–H and O–H groups in total. The summed E-state index contributed by atoms with van der Waals surface area (Å²) >= 11 is 4.97. The first-order valence-corrected chi connectivity index (χ1v) is 9.60. The molecule has 0 amide bonds. The molecule has 3 aromatic rings. The Morgan fingerprint density at radius 3 is 2.58 bits per heavy atom. The molecule has 26 heavy (non-hydrogen) atoms. The molecule has 2 aromatic carbocycles. The lowest BCUT2D eigenvalue weighted by atomic mass is 10.2. The van der Waals surface area contributed by atoms with Crippen LogP contribution in [0.15, 0.2) is 68.5 Å². The SMILES string of the molecule is COCCN=c1scc(-c2ccc(Br)cc2)n1/N=C/c1ccc(F)cc1. The normalized spacial score (nSPS) is 12.2. The van der Waals surface area contributed by atoms with Gasteiger partial charge in [0.1, 0.15) is 5.82 Å². The molecule has 0 aliphatic heterocycles. The van der Waals surface area contributed by atoms with Crippen LogP contribution in [-0.4, -0.2) is 31.2 Å². The molecule has 0 aliphatic rings. The van der Waals surface area contributed by atoms with E-state index in [0.29, 0.717) is 13.2 Å². The third-order valence-corrected chi connectivity index (χ3v) is 4.94. The molecule has 1 heterocycles. The van der Waals surface area contributed by atoms with E-state index in [1.807, 2.05) is 29.6 Å². The minimum Gasteiger partial charge on any atom is -0.383 e. The molecule has 0 unspecified atom stereocenters. The van der Waals surface area contributed by atoms with Crippen molar-refractivity contribution in [1.82, 2.24) is 4.68 Å². The summed E-state index contributed by atoms with van der Waals surface area (Å²) in [7, 11) is 1.65. The van der Waals surface area contributed by atoms with Gasteiger partial charge in [0.2, 0.25) is 4.80 Å². The largest absolute Gasteiger partial charge is 0.383 e. The van der Waals surface area contributed by atoms with Crippen molar-refractivity contribution in [3.05, 3.63) is 74.6 Å². The third kappa shape index (κ3) is 4.75. The molecule has 134 valence electrons. The average Bonchev–Trinajstić information content (AvgIpc) is 3.05. The minimum atomic E-state index is -0.267. The Morgan fingerprint density at radius 1 is 1.15 bits per heavy atom. The van der Waals surface area contributed by atoms with Crippen molar-refractivity contribution in [3.63, 3.8) is 0 Å². The Kier molecular flexibility index (Phi) is 6.49. The van der Waals surface area contributed by atoms with Gasteiger partial charge in [-0.05, 0) is 29.8 Å². The van der Waals surface area contributed by atoms with Crippen LogP contribution < -0.4 is 4.80 Å². The van der Waals surface area contributed by atoms with E-state index < -0.39 is 0 Å². The zero-order valence-electron chi connectivity index (χ0n) is 14.1. The van der Waals surface area contributed by atoms with Crippen molar-refractivity contribution in [1.29, 1.82) is 0 Å². The van der Waals surface area contributed by atoms with Gasteiger partial charge in [-0.1, -0.05) is 40.2 Å². The summed E-state index contributed by atoms with van der Waals surface area (Å²) in [5.41, 5.74) is 2.79. The smallest absolute Gasteiger partial charge is 0.206 e. The number of hydrogen-bond donors (Lipinski definition) is 0. The molecule has 0 saturated heterocycles. The van der Waals surface area contributed by atoms with Crippen LogP contribution in [-0.2, 0) is 4.74 Å². The molecule has 0 aliphatic carbocycles. The number of rotatable bonds is 6. The molecule has 0 radical (unpaired) electrons. The zero-order valence-corrected chi connectivity index (χ0v) is 16.5. The Morgan fingerprint density at radius 2 is 1.88 bits per heavy atom. The summed E-state index contributed by atoms with van der Waals surface area (Å²) in [6.45, 7) is 1.11. The van der Waals surface area contributed by atoms with E-state index in [0.717, 1.165) is 26.1 Å². The van der Waals surface area contributed by atoms with Gasteiger partial charge in [-0.2, -0.15) is 5.10 Å². The van der Waals surface area contributed by atoms with Gasteiger partial charge in [0.15, 0.2) is 0 Å². The Bertz CT molecular complexity index is 946. The van der Waals surface area contributed by atoms with Gasteiger partial charge in [0.25, 0.3) is 0 Å². The van der Waals surface area contributed by atoms with Crippen LogP contribution >= 0.6 is 27.3 Å². The van der Waals surface area contributed by atoms with Crippen molar-refractivity contribution < 1.29 is 9.13 Å². The summed E-state index contributed by atoms with van der Waals surface area (Å²) in [5.74, 6) is -0.267. The van der Waals surface area contributed by atoms with E-state index >= 15 is 0 Å². The van der Waals surface area contributed by atoms with Gasteiger partial charge in [0, 0.05) is 22.5 Å². The topological polar surface area (TPSA) is 38.9 Å². The molecule has 4 nitrogen and oxygen atoms in total. The van der Waals surface area contributed by atoms with E-state index in [9.17, 15) is 4.39 Å². The third-order valence-electron chi connectivity index (χ3n) is 3.56. The lowest BCUT2D eigenvalue weighted by Gasteiger charge is -2.04. The van der Waals surface area contributed by atoms with Crippen LogP contribution in [0.4, 0.5) is 4.39 Å². The molecule has 0 bridgehead atoms. The van der Waals surface area contributed by atoms with E-state index in [4.69, 9.17) is 4.74 Å². The van der Waals surface area contributed by atoms with Gasteiger partial charge >= 0.3 is 0 Å². The first-order valence-electron chi connectivity index (χ1n) is 7.93. The fraction of sp³-hybridized carbons (Fsp3) is 0.158. The molecule has 7 heteroatoms. The Labute approximate surface area is 163 Å². The fourth-order valence-electron chi connectivity index (χ4n) is 2.24. The minimum absolute atomic E-state index is 0.267. The van der Waals surface area contributed by atoms with E-state index in [2.05, 4.69) is 26.0 Å². The van der Waals surface area contributed by atoms with Crippen LogP contribution in [0.1, 0.15) is 5.56 Å². The number of nitrogens with zero attached hydrogens (tertiary/aromatic N) is 3. The fourth-order valence-corrected chi connectivity index (χ4v) is 3.37. The van der Waals surface area contributed by atoms with Gasteiger partial charge in [-0.25, -0.2) is 9.07 Å². The van der Waals surface area contributed by atoms with E-state index in [-0.39, 0.29) is 5.82 Å². The highest BCUT2D eigenvalue weighted by molar-refractivity contribution is 9.10. The maximum absolute atomic E-state index is 13.1. The van der Waals surface area contributed by atoms with E-state index in [1.165, 1.54) is 23.5 Å². The second kappa shape index (κ2) is 9.02. The van der Waals surface area contributed by atoms with Crippen molar-refractivity contribution in [2.45, 2.75) is 0 Å². The predicted molar refractivity (Wildman–Crippen MR) is 107 cm³/mol. The second-order valence-electron chi connectivity index (χ2n) is 5.39. The number of thiazole rings is 1. The lowest BCUT2D eigenvalue weighted by Crippen LogP contribution is -2.13. The van der Waals surface area contributed by atoms with Crippen molar-refractivity contribution in [2.24, 2.45) is 10.1 Å². The monoisotopic (exact) mass is 433 g/mol. The molecule has 3 rings (SSSR count). The average molecular weight is 434 g/mol. The van der Waals surface area contributed by atoms with Crippen LogP contribution in [0.2, 0.25) is 0 Å². The second-order valence-corrected chi connectivity index (χ2v) is 7.15. The standard InChI is InChI=1S/C19H17BrFN3OS/c1-25-11-10-22-19-24(23-12-14-2-8-17(21)9-3-14)18(13-26-19)15-4-6-16(20)7-5-15/h2-9,12-13H,10-11H2,1H3/b22-19?,23-12+. The maximum atomic E-state index is 13.1. The molecular weight excluding hydrogens is 417 g/mol. The number of aromatic nitrogens is 1. The lowest BCUT2D eigenvalue weighted by molar-refractivity contribution is 0.207. The number of ether oxygens (including phenoxy) is 1. The summed E-state index contributed by atoms with van der Waals surface area (Å²) in [4.78, 5) is 5.34. The quantitative estimate of drug-likeness (QED) is 0.415. The van der Waals surface area contributed by atoms with Crippen LogP contribution in [0.25, 0.3) is 11.3 Å². The highest BCUT2D eigenvalue weighted by Gasteiger charge is 2.07. The van der Waals surface area contributed by atoms with Crippen molar-refractivity contribution >= 4 is 33.5 Å². The van der Waals surface area contributed by atoms with E-state index in [1.54, 1.807) is 30.1 Å². The molecular formula is C19H17BrFN3OS. The predicted octanol–water partition coefficient (Wildman–Crippen LogP) is 4.55. The van der Waals surface area contributed by atoms with Crippen LogP contribution in [0.5, 0.6) is 0 Å².